The molecule has 100 valence electrons. The van der Waals surface area contributed by atoms with Crippen molar-refractivity contribution in [3.8, 4) is 5.75 Å². The molecule has 3 rings (SSSR count). The summed E-state index contributed by atoms with van der Waals surface area (Å²) in [5.74, 6) is 0.556. The molecule has 5 nitrogen and oxygen atoms in total. The first-order valence-electron chi connectivity index (χ1n) is 6.56. The van der Waals surface area contributed by atoms with Gasteiger partial charge in [-0.15, -0.1) is 0 Å². The zero-order valence-corrected chi connectivity index (χ0v) is 10.8. The predicted molar refractivity (Wildman–Crippen MR) is 68.9 cm³/mol. The summed E-state index contributed by atoms with van der Waals surface area (Å²) in [5, 5.41) is 5.13. The van der Waals surface area contributed by atoms with Crippen LogP contribution in [-0.4, -0.2) is 18.5 Å². The number of carbonyl (C=O) groups excluding carboxylic acids is 2. The molecule has 0 bridgehead atoms. The third kappa shape index (κ3) is 1.69. The molecule has 3 amide bonds. The molecule has 1 aliphatic carbocycles. The average molecular weight is 260 g/mol. The molecule has 1 heterocycles. The molecule has 2 aliphatic rings. The van der Waals surface area contributed by atoms with Gasteiger partial charge in [-0.05, 0) is 37.8 Å². The summed E-state index contributed by atoms with van der Waals surface area (Å²) >= 11 is 0. The van der Waals surface area contributed by atoms with Gasteiger partial charge in [-0.25, -0.2) is 4.79 Å². The van der Waals surface area contributed by atoms with Gasteiger partial charge in [0.1, 0.15) is 11.3 Å². The lowest BCUT2D eigenvalue weighted by atomic mass is 9.76. The second-order valence-corrected chi connectivity index (χ2v) is 4.88. The van der Waals surface area contributed by atoms with Crippen molar-refractivity contribution in [2.75, 3.05) is 6.61 Å². The highest BCUT2D eigenvalue weighted by Gasteiger charge is 2.50. The van der Waals surface area contributed by atoms with Crippen molar-refractivity contribution in [1.82, 2.24) is 10.6 Å². The number of fused-ring (bicyclic) bond motifs is 2. The van der Waals surface area contributed by atoms with E-state index in [-0.39, 0.29) is 5.91 Å². The SMILES string of the molecule is CCOc1cccc2c1CCCC21NC(=O)NC1=O. The zero-order chi connectivity index (χ0) is 13.5. The van der Waals surface area contributed by atoms with E-state index in [4.69, 9.17) is 4.74 Å². The fourth-order valence-corrected chi connectivity index (χ4v) is 3.04. The first kappa shape index (κ1) is 12.0. The molecule has 1 aromatic carbocycles. The summed E-state index contributed by atoms with van der Waals surface area (Å²) in [7, 11) is 0. The number of amides is 3. The fraction of sp³-hybridized carbons (Fsp3) is 0.429. The Kier molecular flexibility index (Phi) is 2.69. The van der Waals surface area contributed by atoms with Gasteiger partial charge in [0.05, 0.1) is 6.61 Å². The van der Waals surface area contributed by atoms with Crippen LogP contribution in [0.25, 0.3) is 0 Å². The van der Waals surface area contributed by atoms with Crippen LogP contribution < -0.4 is 15.4 Å². The molecule has 0 aromatic heterocycles. The second-order valence-electron chi connectivity index (χ2n) is 4.88. The zero-order valence-electron chi connectivity index (χ0n) is 10.8. The third-order valence-electron chi connectivity index (χ3n) is 3.81. The number of hydrogen-bond acceptors (Lipinski definition) is 3. The van der Waals surface area contributed by atoms with Gasteiger partial charge >= 0.3 is 6.03 Å². The van der Waals surface area contributed by atoms with Crippen molar-refractivity contribution in [3.63, 3.8) is 0 Å². The smallest absolute Gasteiger partial charge is 0.322 e. The topological polar surface area (TPSA) is 67.4 Å². The van der Waals surface area contributed by atoms with E-state index in [1.165, 1.54) is 0 Å². The highest BCUT2D eigenvalue weighted by Crippen LogP contribution is 2.41. The number of rotatable bonds is 2. The van der Waals surface area contributed by atoms with Gasteiger partial charge in [0.15, 0.2) is 0 Å². The van der Waals surface area contributed by atoms with Gasteiger partial charge < -0.3 is 10.1 Å². The van der Waals surface area contributed by atoms with Gasteiger partial charge in [0.2, 0.25) is 0 Å². The predicted octanol–water partition coefficient (Wildman–Crippen LogP) is 1.46. The molecule has 19 heavy (non-hydrogen) atoms. The Hall–Kier alpha value is -2.04. The Morgan fingerprint density at radius 3 is 2.89 bits per heavy atom. The minimum absolute atomic E-state index is 0.257. The molecule has 1 saturated heterocycles. The molecule has 1 fully saturated rings. The lowest BCUT2D eigenvalue weighted by Gasteiger charge is -2.33. The first-order chi connectivity index (χ1) is 9.17. The van der Waals surface area contributed by atoms with Gasteiger partial charge in [0.25, 0.3) is 5.91 Å². The summed E-state index contributed by atoms with van der Waals surface area (Å²) in [6.45, 7) is 2.52. The van der Waals surface area contributed by atoms with Crippen LogP contribution in [0.2, 0.25) is 0 Å². The van der Waals surface area contributed by atoms with Crippen LogP contribution in [0.15, 0.2) is 18.2 Å². The van der Waals surface area contributed by atoms with Crippen LogP contribution in [0.3, 0.4) is 0 Å². The Balaban J connectivity index is 2.13. The second kappa shape index (κ2) is 4.26. The molecule has 1 spiro atoms. The Labute approximate surface area is 111 Å². The maximum Gasteiger partial charge on any atom is 0.322 e. The van der Waals surface area contributed by atoms with E-state index in [0.29, 0.717) is 13.0 Å². The number of carbonyl (C=O) groups is 2. The fourth-order valence-electron chi connectivity index (χ4n) is 3.04. The van der Waals surface area contributed by atoms with Gasteiger partial charge in [-0.3, -0.25) is 10.1 Å². The summed E-state index contributed by atoms with van der Waals surface area (Å²) in [4.78, 5) is 23.6. The highest BCUT2D eigenvalue weighted by atomic mass is 16.5. The minimum Gasteiger partial charge on any atom is -0.494 e. The van der Waals surface area contributed by atoms with Crippen molar-refractivity contribution in [3.05, 3.63) is 29.3 Å². The first-order valence-corrected chi connectivity index (χ1v) is 6.56. The van der Waals surface area contributed by atoms with Gasteiger partial charge in [-0.2, -0.15) is 0 Å². The number of imide groups is 1. The van der Waals surface area contributed by atoms with E-state index in [1.807, 2.05) is 25.1 Å². The molecule has 1 unspecified atom stereocenters. The van der Waals surface area contributed by atoms with E-state index in [0.717, 1.165) is 29.7 Å². The number of urea groups is 1. The maximum atomic E-state index is 12.2. The number of hydrogen-bond donors (Lipinski definition) is 2. The quantitative estimate of drug-likeness (QED) is 0.791. The largest absolute Gasteiger partial charge is 0.494 e. The van der Waals surface area contributed by atoms with Crippen molar-refractivity contribution < 1.29 is 14.3 Å². The normalized spacial score (nSPS) is 24.9. The van der Waals surface area contributed by atoms with Crippen LogP contribution in [0, 0.1) is 0 Å². The van der Waals surface area contributed by atoms with Crippen LogP contribution in [0.1, 0.15) is 30.9 Å². The number of nitrogens with one attached hydrogen (secondary N) is 2. The van der Waals surface area contributed by atoms with Crippen LogP contribution >= 0.6 is 0 Å². The van der Waals surface area contributed by atoms with E-state index < -0.39 is 11.6 Å². The molecular weight excluding hydrogens is 244 g/mol. The molecule has 2 N–H and O–H groups in total. The summed E-state index contributed by atoms with van der Waals surface area (Å²) < 4.78 is 5.62. The van der Waals surface area contributed by atoms with E-state index in [2.05, 4.69) is 10.6 Å². The highest BCUT2D eigenvalue weighted by molar-refractivity contribution is 6.07. The Bertz CT molecular complexity index is 556. The molecule has 1 atom stereocenters. The van der Waals surface area contributed by atoms with Crippen LogP contribution in [-0.2, 0) is 16.8 Å². The van der Waals surface area contributed by atoms with Gasteiger partial charge in [0, 0.05) is 5.56 Å². The van der Waals surface area contributed by atoms with E-state index in [9.17, 15) is 9.59 Å². The number of ether oxygens (including phenoxy) is 1. The van der Waals surface area contributed by atoms with Crippen LogP contribution in [0.5, 0.6) is 5.75 Å². The number of benzene rings is 1. The monoisotopic (exact) mass is 260 g/mol. The summed E-state index contributed by atoms with van der Waals surface area (Å²) in [6, 6.07) is 5.27. The van der Waals surface area contributed by atoms with Gasteiger partial charge in [-0.1, -0.05) is 12.1 Å². The standard InChI is InChI=1S/C14H16N2O3/c1-2-19-11-7-3-6-10-9(11)5-4-8-14(10)12(17)15-13(18)16-14/h3,6-7H,2,4-5,8H2,1H3,(H2,15,16,17,18). The molecule has 5 heteroatoms. The lowest BCUT2D eigenvalue weighted by Crippen LogP contribution is -2.46. The van der Waals surface area contributed by atoms with Crippen molar-refractivity contribution >= 4 is 11.9 Å². The van der Waals surface area contributed by atoms with E-state index in [1.54, 1.807) is 0 Å². The van der Waals surface area contributed by atoms with Crippen molar-refractivity contribution in [1.29, 1.82) is 0 Å². The lowest BCUT2D eigenvalue weighted by molar-refractivity contribution is -0.124. The third-order valence-corrected chi connectivity index (χ3v) is 3.81. The molecular formula is C14H16N2O3. The molecule has 0 radical (unpaired) electrons. The Morgan fingerprint density at radius 1 is 1.37 bits per heavy atom. The average Bonchev–Trinajstić information content (AvgIpc) is 2.66. The summed E-state index contributed by atoms with van der Waals surface area (Å²) in [5.41, 5.74) is 0.999. The molecule has 1 aliphatic heterocycles. The Morgan fingerprint density at radius 2 is 2.21 bits per heavy atom. The van der Waals surface area contributed by atoms with Crippen LogP contribution in [0.4, 0.5) is 4.79 Å². The molecule has 0 saturated carbocycles. The van der Waals surface area contributed by atoms with Crippen molar-refractivity contribution in [2.45, 2.75) is 31.7 Å². The summed E-state index contributed by atoms with van der Waals surface area (Å²) in [6.07, 6.45) is 2.36. The minimum atomic E-state index is -0.905. The van der Waals surface area contributed by atoms with E-state index >= 15 is 0 Å². The van der Waals surface area contributed by atoms with Crippen molar-refractivity contribution in [2.24, 2.45) is 0 Å². The maximum absolute atomic E-state index is 12.2. The molecule has 1 aromatic rings.